The smallest absolute Gasteiger partial charge is 0.334 e. The Kier molecular flexibility index (Phi) is 8.69. The maximum absolute atomic E-state index is 12.8. The summed E-state index contributed by atoms with van der Waals surface area (Å²) < 4.78 is 67.1. The van der Waals surface area contributed by atoms with Gasteiger partial charge in [0.15, 0.2) is 0 Å². The molecule has 2 aromatic rings. The SMILES string of the molecule is CCCCN(CC(F)(F)F)C(=O)CCc1nc2cc(S(=O)(=O)N(CC)CC)ccc2n1C. The number of alkyl halides is 3. The molecule has 1 aromatic heterocycles. The Morgan fingerprint density at radius 3 is 2.38 bits per heavy atom. The fourth-order valence-corrected chi connectivity index (χ4v) is 5.04. The summed E-state index contributed by atoms with van der Waals surface area (Å²) in [4.78, 5) is 17.9. The van der Waals surface area contributed by atoms with E-state index in [9.17, 15) is 26.4 Å². The molecule has 11 heteroatoms. The molecule has 180 valence electrons. The number of carbonyl (C=O) groups excluding carboxylic acids is 1. The molecule has 0 aliphatic heterocycles. The van der Waals surface area contributed by atoms with Crippen LogP contribution in [-0.4, -0.2) is 65.4 Å². The number of rotatable bonds is 11. The van der Waals surface area contributed by atoms with Crippen LogP contribution in [0.25, 0.3) is 11.0 Å². The molecule has 0 saturated carbocycles. The van der Waals surface area contributed by atoms with Gasteiger partial charge in [0.25, 0.3) is 0 Å². The van der Waals surface area contributed by atoms with Crippen LogP contribution in [0.15, 0.2) is 23.1 Å². The first kappa shape index (κ1) is 26.1. The second-order valence-corrected chi connectivity index (χ2v) is 9.55. The number of hydrogen-bond acceptors (Lipinski definition) is 4. The van der Waals surface area contributed by atoms with Crippen molar-refractivity contribution in [3.63, 3.8) is 0 Å². The number of aryl methyl sites for hydroxylation is 2. The molecule has 0 radical (unpaired) electrons. The van der Waals surface area contributed by atoms with Crippen molar-refractivity contribution in [3.8, 4) is 0 Å². The predicted octanol–water partition coefficient (Wildman–Crippen LogP) is 3.73. The summed E-state index contributed by atoms with van der Waals surface area (Å²) in [6, 6.07) is 4.66. The molecule has 2 rings (SSSR count). The quantitative estimate of drug-likeness (QED) is 0.495. The third-order valence-corrected chi connectivity index (χ3v) is 7.40. The van der Waals surface area contributed by atoms with Crippen LogP contribution >= 0.6 is 0 Å². The summed E-state index contributed by atoms with van der Waals surface area (Å²) in [5.41, 5.74) is 1.14. The summed E-state index contributed by atoms with van der Waals surface area (Å²) in [7, 11) is -1.91. The minimum Gasteiger partial charge on any atom is -0.334 e. The van der Waals surface area contributed by atoms with Crippen LogP contribution in [-0.2, 0) is 28.3 Å². The number of aromatic nitrogens is 2. The van der Waals surface area contributed by atoms with Crippen molar-refractivity contribution in [2.24, 2.45) is 7.05 Å². The number of fused-ring (bicyclic) bond motifs is 1. The highest BCUT2D eigenvalue weighted by Crippen LogP contribution is 2.23. The maximum atomic E-state index is 12.8. The van der Waals surface area contributed by atoms with Gasteiger partial charge in [-0.1, -0.05) is 27.2 Å². The van der Waals surface area contributed by atoms with Crippen LogP contribution in [0.3, 0.4) is 0 Å². The van der Waals surface area contributed by atoms with Crippen LogP contribution in [0.1, 0.15) is 45.9 Å². The fraction of sp³-hybridized carbons (Fsp3) is 0.619. The van der Waals surface area contributed by atoms with Gasteiger partial charge < -0.3 is 9.47 Å². The van der Waals surface area contributed by atoms with E-state index in [0.29, 0.717) is 42.8 Å². The van der Waals surface area contributed by atoms with Gasteiger partial charge in [-0.3, -0.25) is 4.79 Å². The first-order valence-electron chi connectivity index (χ1n) is 10.7. The Morgan fingerprint density at radius 2 is 1.81 bits per heavy atom. The van der Waals surface area contributed by atoms with Crippen LogP contribution in [0.5, 0.6) is 0 Å². The Balaban J connectivity index is 2.23. The number of nitrogens with zero attached hydrogens (tertiary/aromatic N) is 4. The van der Waals surface area contributed by atoms with Crippen LogP contribution in [0.4, 0.5) is 13.2 Å². The molecule has 0 saturated heterocycles. The van der Waals surface area contributed by atoms with Gasteiger partial charge in [-0.05, 0) is 24.6 Å². The zero-order chi connectivity index (χ0) is 24.1. The van der Waals surface area contributed by atoms with Crippen LogP contribution in [0.2, 0.25) is 0 Å². The molecule has 0 aliphatic rings. The van der Waals surface area contributed by atoms with Gasteiger partial charge in [0, 0.05) is 39.5 Å². The number of carbonyl (C=O) groups is 1. The van der Waals surface area contributed by atoms with Crippen molar-refractivity contribution >= 4 is 27.0 Å². The normalized spacial score (nSPS) is 12.6. The Labute approximate surface area is 187 Å². The first-order chi connectivity index (χ1) is 14.9. The van der Waals surface area contributed by atoms with Crippen molar-refractivity contribution < 1.29 is 26.4 Å². The molecular weight excluding hydrogens is 445 g/mol. The first-order valence-corrected chi connectivity index (χ1v) is 12.2. The van der Waals surface area contributed by atoms with Crippen molar-refractivity contribution in [3.05, 3.63) is 24.0 Å². The van der Waals surface area contributed by atoms with E-state index < -0.39 is 28.7 Å². The monoisotopic (exact) mass is 476 g/mol. The Bertz CT molecular complexity index is 1030. The predicted molar refractivity (Wildman–Crippen MR) is 117 cm³/mol. The number of halogens is 3. The largest absolute Gasteiger partial charge is 0.406 e. The lowest BCUT2D eigenvalue weighted by Gasteiger charge is -2.23. The average molecular weight is 477 g/mol. The second-order valence-electron chi connectivity index (χ2n) is 7.61. The molecule has 1 amide bonds. The van der Waals surface area contributed by atoms with E-state index in [2.05, 4.69) is 4.98 Å². The van der Waals surface area contributed by atoms with Gasteiger partial charge in [0.1, 0.15) is 12.4 Å². The minimum atomic E-state index is -4.45. The standard InChI is InChI=1S/C21H31F3N4O3S/c1-5-8-13-27(15-21(22,23)24)20(29)12-11-19-25-17-14-16(9-10-18(17)26(19)4)32(30,31)28(6-2)7-3/h9-10,14H,5-8,11-13,15H2,1-4H3. The molecule has 0 N–H and O–H groups in total. The summed E-state index contributed by atoms with van der Waals surface area (Å²) in [6.45, 7) is 4.86. The van der Waals surface area contributed by atoms with Crippen molar-refractivity contribution in [1.82, 2.24) is 18.8 Å². The zero-order valence-corrected chi connectivity index (χ0v) is 19.8. The van der Waals surface area contributed by atoms with E-state index in [1.165, 1.54) is 16.4 Å². The molecule has 1 aromatic carbocycles. The Hall–Kier alpha value is -2.14. The van der Waals surface area contributed by atoms with Gasteiger partial charge in [-0.15, -0.1) is 0 Å². The molecule has 0 bridgehead atoms. The highest BCUT2D eigenvalue weighted by molar-refractivity contribution is 7.89. The van der Waals surface area contributed by atoms with Gasteiger partial charge in [0.05, 0.1) is 15.9 Å². The van der Waals surface area contributed by atoms with Crippen LogP contribution in [0, 0.1) is 0 Å². The Morgan fingerprint density at radius 1 is 1.16 bits per heavy atom. The minimum absolute atomic E-state index is 0.0595. The lowest BCUT2D eigenvalue weighted by atomic mass is 10.2. The molecule has 7 nitrogen and oxygen atoms in total. The summed E-state index contributed by atoms with van der Waals surface area (Å²) in [6.07, 6.45) is -3.22. The molecular formula is C21H31F3N4O3S. The molecule has 0 fully saturated rings. The van der Waals surface area contributed by atoms with Gasteiger partial charge >= 0.3 is 6.18 Å². The van der Waals surface area contributed by atoms with Crippen LogP contribution < -0.4 is 0 Å². The molecule has 0 unspecified atom stereocenters. The highest BCUT2D eigenvalue weighted by atomic mass is 32.2. The van der Waals surface area contributed by atoms with E-state index in [0.717, 1.165) is 4.90 Å². The summed E-state index contributed by atoms with van der Waals surface area (Å²) in [5, 5.41) is 0. The average Bonchev–Trinajstić information content (AvgIpc) is 3.04. The third-order valence-electron chi connectivity index (χ3n) is 5.36. The van der Waals surface area contributed by atoms with E-state index in [-0.39, 0.29) is 24.3 Å². The van der Waals surface area contributed by atoms with Crippen molar-refractivity contribution in [1.29, 1.82) is 0 Å². The summed E-state index contributed by atoms with van der Waals surface area (Å²) >= 11 is 0. The van der Waals surface area contributed by atoms with Crippen molar-refractivity contribution in [2.75, 3.05) is 26.2 Å². The van der Waals surface area contributed by atoms with Gasteiger partial charge in [0.2, 0.25) is 15.9 Å². The fourth-order valence-electron chi connectivity index (χ4n) is 3.56. The molecule has 0 aliphatic carbocycles. The van der Waals surface area contributed by atoms with Gasteiger partial charge in [-0.25, -0.2) is 13.4 Å². The lowest BCUT2D eigenvalue weighted by molar-refractivity contribution is -0.161. The lowest BCUT2D eigenvalue weighted by Crippen LogP contribution is -2.39. The molecule has 1 heterocycles. The van der Waals surface area contributed by atoms with E-state index >= 15 is 0 Å². The zero-order valence-electron chi connectivity index (χ0n) is 18.9. The number of hydrogen-bond donors (Lipinski definition) is 0. The van der Waals surface area contributed by atoms with E-state index in [1.807, 2.05) is 6.92 Å². The second kappa shape index (κ2) is 10.7. The van der Waals surface area contributed by atoms with E-state index in [4.69, 9.17) is 0 Å². The molecule has 0 spiro atoms. The molecule has 32 heavy (non-hydrogen) atoms. The maximum Gasteiger partial charge on any atom is 0.406 e. The van der Waals surface area contributed by atoms with Crippen molar-refractivity contribution in [2.45, 2.75) is 57.5 Å². The number of unbranched alkanes of at least 4 members (excludes halogenated alkanes) is 1. The third kappa shape index (κ3) is 6.22. The number of sulfonamides is 1. The summed E-state index contributed by atoms with van der Waals surface area (Å²) in [5.74, 6) is -0.0687. The topological polar surface area (TPSA) is 75.5 Å². The number of benzene rings is 1. The molecule has 0 atom stereocenters. The number of amides is 1. The highest BCUT2D eigenvalue weighted by Gasteiger charge is 2.32. The number of imidazole rings is 1. The van der Waals surface area contributed by atoms with Gasteiger partial charge in [-0.2, -0.15) is 17.5 Å². The van der Waals surface area contributed by atoms with E-state index in [1.54, 1.807) is 31.5 Å².